The molecule has 1 fully saturated rings. The van der Waals surface area contributed by atoms with Crippen LogP contribution in [0.3, 0.4) is 0 Å². The Kier molecular flexibility index (Phi) is 4.19. The van der Waals surface area contributed by atoms with Crippen LogP contribution >= 0.6 is 0 Å². The van der Waals surface area contributed by atoms with Gasteiger partial charge >= 0.3 is 0 Å². The third-order valence-electron chi connectivity index (χ3n) is 7.37. The molecule has 0 bridgehead atoms. The van der Waals surface area contributed by atoms with Gasteiger partial charge < -0.3 is 14.6 Å². The first-order valence-electron chi connectivity index (χ1n) is 11.1. The number of phenols is 1. The molecular formula is C28H32O3. The summed E-state index contributed by atoms with van der Waals surface area (Å²) in [6.07, 6.45) is 3.29. The van der Waals surface area contributed by atoms with Crippen molar-refractivity contribution in [2.75, 3.05) is 14.2 Å². The first-order chi connectivity index (χ1) is 14.6. The van der Waals surface area contributed by atoms with Crippen LogP contribution in [-0.2, 0) is 5.41 Å². The maximum absolute atomic E-state index is 11.1. The first kappa shape index (κ1) is 20.2. The summed E-state index contributed by atoms with van der Waals surface area (Å²) in [5.41, 5.74) is 5.34. The van der Waals surface area contributed by atoms with Crippen molar-refractivity contribution in [3.05, 3.63) is 53.6 Å². The van der Waals surface area contributed by atoms with Crippen LogP contribution in [0.5, 0.6) is 17.2 Å². The summed E-state index contributed by atoms with van der Waals surface area (Å²) >= 11 is 0. The van der Waals surface area contributed by atoms with Crippen LogP contribution in [0, 0.1) is 10.8 Å². The van der Waals surface area contributed by atoms with Gasteiger partial charge in [0, 0.05) is 10.8 Å². The standard InChI is InChI=1S/C28H32O3/c1-26(2)14-27(3,4)16-28(15-26)22-12-18(31-6)8-10-20(22)25-19-9-7-17(30-5)11-21(19)24(29)13-23(25)28/h7-13,29H,14-16H2,1-6H3. The van der Waals surface area contributed by atoms with Crippen LogP contribution in [0.15, 0.2) is 42.5 Å². The lowest BCUT2D eigenvalue weighted by molar-refractivity contribution is 0.0644. The summed E-state index contributed by atoms with van der Waals surface area (Å²) in [4.78, 5) is 0. The zero-order chi connectivity index (χ0) is 22.2. The Hall–Kier alpha value is -2.68. The third kappa shape index (κ3) is 2.93. The van der Waals surface area contributed by atoms with Gasteiger partial charge in [0.15, 0.2) is 0 Å². The average Bonchev–Trinajstić information content (AvgIpc) is 2.93. The van der Waals surface area contributed by atoms with Crippen LogP contribution in [0.4, 0.5) is 0 Å². The Bertz CT molecular complexity index is 1190. The number of ether oxygens (including phenoxy) is 2. The summed E-state index contributed by atoms with van der Waals surface area (Å²) < 4.78 is 11.1. The van der Waals surface area contributed by atoms with E-state index in [1.54, 1.807) is 14.2 Å². The van der Waals surface area contributed by atoms with Gasteiger partial charge in [-0.3, -0.25) is 0 Å². The van der Waals surface area contributed by atoms with E-state index < -0.39 is 0 Å². The van der Waals surface area contributed by atoms with Crippen LogP contribution in [0.25, 0.3) is 21.9 Å². The number of fused-ring (bicyclic) bond motifs is 7. The molecule has 1 spiro atoms. The summed E-state index contributed by atoms with van der Waals surface area (Å²) in [7, 11) is 3.40. The highest BCUT2D eigenvalue weighted by Crippen LogP contribution is 2.65. The van der Waals surface area contributed by atoms with Gasteiger partial charge in [0.25, 0.3) is 0 Å². The molecule has 1 saturated carbocycles. The second-order valence-electron chi connectivity index (χ2n) is 11.1. The number of methoxy groups -OCH3 is 2. The fraction of sp³-hybridized carbons (Fsp3) is 0.429. The Balaban J connectivity index is 1.89. The van der Waals surface area contributed by atoms with Crippen LogP contribution in [-0.4, -0.2) is 19.3 Å². The molecule has 0 heterocycles. The molecule has 1 N–H and O–H groups in total. The molecule has 31 heavy (non-hydrogen) atoms. The number of benzene rings is 3. The summed E-state index contributed by atoms with van der Waals surface area (Å²) in [6.45, 7) is 9.55. The van der Waals surface area contributed by atoms with E-state index in [0.717, 1.165) is 35.1 Å². The van der Waals surface area contributed by atoms with Gasteiger partial charge in [-0.15, -0.1) is 0 Å². The molecular weight excluding hydrogens is 384 g/mol. The minimum atomic E-state index is -0.143. The van der Waals surface area contributed by atoms with E-state index in [4.69, 9.17) is 9.47 Å². The molecule has 3 nitrogen and oxygen atoms in total. The Morgan fingerprint density at radius 2 is 1.32 bits per heavy atom. The maximum Gasteiger partial charge on any atom is 0.123 e. The zero-order valence-corrected chi connectivity index (χ0v) is 19.4. The molecule has 3 aromatic carbocycles. The molecule has 3 heteroatoms. The van der Waals surface area contributed by atoms with Crippen molar-refractivity contribution in [2.24, 2.45) is 10.8 Å². The Morgan fingerprint density at radius 1 is 0.710 bits per heavy atom. The fourth-order valence-corrected chi connectivity index (χ4v) is 7.09. The van der Waals surface area contributed by atoms with Crippen molar-refractivity contribution in [3.8, 4) is 28.4 Å². The van der Waals surface area contributed by atoms with E-state index in [-0.39, 0.29) is 16.2 Å². The smallest absolute Gasteiger partial charge is 0.123 e. The summed E-state index contributed by atoms with van der Waals surface area (Å²) in [5, 5.41) is 13.1. The van der Waals surface area contributed by atoms with E-state index in [0.29, 0.717) is 5.75 Å². The van der Waals surface area contributed by atoms with Gasteiger partial charge in [-0.1, -0.05) is 33.8 Å². The van der Waals surface area contributed by atoms with E-state index in [9.17, 15) is 5.11 Å². The molecule has 5 rings (SSSR count). The molecule has 3 aromatic rings. The first-order valence-corrected chi connectivity index (χ1v) is 11.1. The highest BCUT2D eigenvalue weighted by molar-refractivity contribution is 6.05. The predicted octanol–water partition coefficient (Wildman–Crippen LogP) is 7.07. The fourth-order valence-electron chi connectivity index (χ4n) is 7.09. The monoisotopic (exact) mass is 416 g/mol. The molecule has 0 unspecified atom stereocenters. The van der Waals surface area contributed by atoms with E-state index in [1.807, 2.05) is 18.2 Å². The summed E-state index contributed by atoms with van der Waals surface area (Å²) in [6, 6.07) is 14.6. The SMILES string of the molecule is COc1ccc2c(c1)C1(CC(C)(C)CC(C)(C)C1)c1cc(O)c3cc(OC)ccc3c1-2. The lowest BCUT2D eigenvalue weighted by Crippen LogP contribution is -2.43. The molecule has 0 saturated heterocycles. The number of hydrogen-bond acceptors (Lipinski definition) is 3. The Morgan fingerprint density at radius 3 is 1.97 bits per heavy atom. The van der Waals surface area contributed by atoms with E-state index in [1.165, 1.54) is 28.7 Å². The zero-order valence-electron chi connectivity index (χ0n) is 19.4. The number of phenolic OH excluding ortho intramolecular Hbond substituents is 1. The average molecular weight is 417 g/mol. The van der Waals surface area contributed by atoms with Gasteiger partial charge in [-0.2, -0.15) is 0 Å². The van der Waals surface area contributed by atoms with Crippen LogP contribution in [0.1, 0.15) is 58.1 Å². The minimum Gasteiger partial charge on any atom is -0.507 e. The highest BCUT2D eigenvalue weighted by Gasteiger charge is 2.53. The molecule has 162 valence electrons. The van der Waals surface area contributed by atoms with Crippen LogP contribution in [0.2, 0.25) is 0 Å². The largest absolute Gasteiger partial charge is 0.507 e. The van der Waals surface area contributed by atoms with Crippen molar-refractivity contribution < 1.29 is 14.6 Å². The second-order valence-corrected chi connectivity index (χ2v) is 11.1. The molecule has 0 atom stereocenters. The molecule has 2 aliphatic carbocycles. The number of aromatic hydroxyl groups is 1. The number of rotatable bonds is 2. The van der Waals surface area contributed by atoms with E-state index in [2.05, 4.69) is 52.0 Å². The minimum absolute atomic E-state index is 0.143. The van der Waals surface area contributed by atoms with Gasteiger partial charge in [0.05, 0.1) is 14.2 Å². The Labute approximate surface area is 185 Å². The third-order valence-corrected chi connectivity index (χ3v) is 7.37. The molecule has 0 radical (unpaired) electrons. The highest BCUT2D eigenvalue weighted by atomic mass is 16.5. The molecule has 0 aromatic heterocycles. The van der Waals surface area contributed by atoms with Crippen molar-refractivity contribution in [1.82, 2.24) is 0 Å². The number of hydrogen-bond donors (Lipinski definition) is 1. The summed E-state index contributed by atoms with van der Waals surface area (Å²) in [5.74, 6) is 1.97. The van der Waals surface area contributed by atoms with Crippen molar-refractivity contribution >= 4 is 10.8 Å². The van der Waals surface area contributed by atoms with Crippen LogP contribution < -0.4 is 9.47 Å². The van der Waals surface area contributed by atoms with Crippen molar-refractivity contribution in [2.45, 2.75) is 52.4 Å². The van der Waals surface area contributed by atoms with E-state index >= 15 is 0 Å². The lowest BCUT2D eigenvalue weighted by atomic mass is 9.52. The quantitative estimate of drug-likeness (QED) is 0.486. The topological polar surface area (TPSA) is 38.7 Å². The predicted molar refractivity (Wildman–Crippen MR) is 126 cm³/mol. The van der Waals surface area contributed by atoms with Crippen molar-refractivity contribution in [3.63, 3.8) is 0 Å². The normalized spacial score (nSPS) is 19.8. The van der Waals surface area contributed by atoms with Gasteiger partial charge in [-0.25, -0.2) is 0 Å². The molecule has 0 amide bonds. The lowest BCUT2D eigenvalue weighted by Gasteiger charge is -2.51. The second kappa shape index (κ2) is 6.41. The van der Waals surface area contributed by atoms with Gasteiger partial charge in [0.2, 0.25) is 0 Å². The van der Waals surface area contributed by atoms with Gasteiger partial charge in [0.1, 0.15) is 17.2 Å². The van der Waals surface area contributed by atoms with Crippen molar-refractivity contribution in [1.29, 1.82) is 0 Å². The van der Waals surface area contributed by atoms with Gasteiger partial charge in [-0.05, 0) is 94.1 Å². The molecule has 2 aliphatic rings. The molecule has 0 aliphatic heterocycles. The maximum atomic E-state index is 11.1.